The van der Waals surface area contributed by atoms with Gasteiger partial charge < -0.3 is 4.74 Å². The third-order valence-corrected chi connectivity index (χ3v) is 4.09. The average molecular weight is 299 g/mol. The van der Waals surface area contributed by atoms with Crippen LogP contribution in [0.2, 0.25) is 5.28 Å². The summed E-state index contributed by atoms with van der Waals surface area (Å²) >= 11 is 6.75. The summed E-state index contributed by atoms with van der Waals surface area (Å²) in [5.74, 6) is 0. The molecule has 1 aromatic heterocycles. The first-order valence-electron chi connectivity index (χ1n) is 5.26. The minimum atomic E-state index is -4.51. The molecule has 1 aliphatic heterocycles. The Hall–Kier alpha value is -0.530. The first-order valence-corrected chi connectivity index (χ1v) is 6.52. The lowest BCUT2D eigenvalue weighted by molar-refractivity contribution is -0.141. The third kappa shape index (κ3) is 3.27. The van der Waals surface area contributed by atoms with E-state index in [0.717, 1.165) is 12.5 Å². The SMILES string of the molecule is CC1OCCC1Sc1cc(C(F)(F)F)nc(Cl)n1. The zero-order valence-corrected chi connectivity index (χ0v) is 10.9. The molecule has 2 unspecified atom stereocenters. The number of nitrogens with zero attached hydrogens (tertiary/aromatic N) is 2. The molecule has 0 aromatic carbocycles. The second-order valence-corrected chi connectivity index (χ2v) is 5.48. The lowest BCUT2D eigenvalue weighted by atomic mass is 10.3. The Morgan fingerprint density at radius 2 is 2.17 bits per heavy atom. The van der Waals surface area contributed by atoms with Gasteiger partial charge in [0.05, 0.1) is 6.10 Å². The number of alkyl halides is 3. The van der Waals surface area contributed by atoms with Crippen LogP contribution in [0.15, 0.2) is 11.1 Å². The predicted octanol–water partition coefficient (Wildman–Crippen LogP) is 3.42. The van der Waals surface area contributed by atoms with Crippen molar-refractivity contribution in [1.29, 1.82) is 0 Å². The van der Waals surface area contributed by atoms with Gasteiger partial charge >= 0.3 is 6.18 Å². The van der Waals surface area contributed by atoms with Crippen LogP contribution in [0, 0.1) is 0 Å². The van der Waals surface area contributed by atoms with Gasteiger partial charge in [-0.1, -0.05) is 0 Å². The van der Waals surface area contributed by atoms with Crippen molar-refractivity contribution < 1.29 is 17.9 Å². The highest BCUT2D eigenvalue weighted by molar-refractivity contribution is 7.99. The molecule has 1 saturated heterocycles. The number of thioether (sulfide) groups is 1. The van der Waals surface area contributed by atoms with E-state index >= 15 is 0 Å². The van der Waals surface area contributed by atoms with E-state index in [4.69, 9.17) is 16.3 Å². The standard InChI is InChI=1S/C10H10ClF3N2OS/c1-5-6(2-3-17-5)18-8-4-7(10(12,13)14)15-9(11)16-8/h4-6H,2-3H2,1H3. The molecule has 2 atom stereocenters. The zero-order chi connectivity index (χ0) is 13.3. The molecule has 1 aromatic rings. The highest BCUT2D eigenvalue weighted by atomic mass is 35.5. The topological polar surface area (TPSA) is 35.0 Å². The number of aromatic nitrogens is 2. The lowest BCUT2D eigenvalue weighted by Gasteiger charge is -2.14. The molecule has 0 amide bonds. The first-order chi connectivity index (χ1) is 8.36. The molecule has 1 fully saturated rings. The number of ether oxygens (including phenoxy) is 1. The van der Waals surface area contributed by atoms with E-state index in [1.165, 1.54) is 11.8 Å². The van der Waals surface area contributed by atoms with Gasteiger partial charge in [-0.05, 0) is 24.9 Å². The van der Waals surface area contributed by atoms with E-state index in [9.17, 15) is 13.2 Å². The van der Waals surface area contributed by atoms with Crippen LogP contribution < -0.4 is 0 Å². The van der Waals surface area contributed by atoms with Crippen molar-refractivity contribution in [3.63, 3.8) is 0 Å². The van der Waals surface area contributed by atoms with Crippen LogP contribution in [0.5, 0.6) is 0 Å². The van der Waals surface area contributed by atoms with Crippen LogP contribution in [0.3, 0.4) is 0 Å². The van der Waals surface area contributed by atoms with Crippen LogP contribution in [0.1, 0.15) is 19.0 Å². The number of halogens is 4. The van der Waals surface area contributed by atoms with E-state index in [2.05, 4.69) is 9.97 Å². The minimum absolute atomic E-state index is 0.00178. The van der Waals surface area contributed by atoms with Crippen LogP contribution in [0.25, 0.3) is 0 Å². The molecule has 0 N–H and O–H groups in total. The largest absolute Gasteiger partial charge is 0.433 e. The second kappa shape index (κ2) is 5.22. The van der Waals surface area contributed by atoms with Gasteiger partial charge in [-0.25, -0.2) is 9.97 Å². The maximum atomic E-state index is 12.6. The van der Waals surface area contributed by atoms with Gasteiger partial charge in [-0.2, -0.15) is 13.2 Å². The summed E-state index contributed by atoms with van der Waals surface area (Å²) < 4.78 is 43.0. The molecule has 0 saturated carbocycles. The van der Waals surface area contributed by atoms with Crippen LogP contribution in [-0.4, -0.2) is 27.9 Å². The minimum Gasteiger partial charge on any atom is -0.377 e. The van der Waals surface area contributed by atoms with Gasteiger partial charge in [0.25, 0.3) is 0 Å². The quantitative estimate of drug-likeness (QED) is 0.619. The van der Waals surface area contributed by atoms with E-state index in [0.29, 0.717) is 6.61 Å². The fourth-order valence-electron chi connectivity index (χ4n) is 1.62. The molecule has 2 rings (SSSR count). The van der Waals surface area contributed by atoms with Gasteiger partial charge in [0.15, 0.2) is 5.69 Å². The Morgan fingerprint density at radius 3 is 2.72 bits per heavy atom. The molecule has 0 radical (unpaired) electrons. The molecule has 0 aliphatic carbocycles. The Bertz CT molecular complexity index is 444. The Kier molecular flexibility index (Phi) is 4.03. The summed E-state index contributed by atoms with van der Waals surface area (Å²) in [4.78, 5) is 6.99. The fourth-order valence-corrected chi connectivity index (χ4v) is 2.97. The van der Waals surface area contributed by atoms with Crippen molar-refractivity contribution >= 4 is 23.4 Å². The Labute approximate surface area is 111 Å². The Morgan fingerprint density at radius 1 is 1.44 bits per heavy atom. The summed E-state index contributed by atoms with van der Waals surface area (Å²) in [5.41, 5.74) is -1.02. The summed E-state index contributed by atoms with van der Waals surface area (Å²) in [6.45, 7) is 2.50. The summed E-state index contributed by atoms with van der Waals surface area (Å²) in [6.07, 6.45) is -3.73. The highest BCUT2D eigenvalue weighted by Gasteiger charge is 2.34. The number of hydrogen-bond acceptors (Lipinski definition) is 4. The predicted molar refractivity (Wildman–Crippen MR) is 61.7 cm³/mol. The maximum absolute atomic E-state index is 12.6. The van der Waals surface area contributed by atoms with Crippen LogP contribution in [-0.2, 0) is 10.9 Å². The average Bonchev–Trinajstić information content (AvgIpc) is 2.62. The van der Waals surface area contributed by atoms with Gasteiger partial charge in [-0.15, -0.1) is 11.8 Å². The summed E-state index contributed by atoms with van der Waals surface area (Å²) in [5, 5.41) is -0.0689. The van der Waals surface area contributed by atoms with Crippen molar-refractivity contribution in [2.75, 3.05) is 6.61 Å². The van der Waals surface area contributed by atoms with Crippen molar-refractivity contribution in [2.45, 2.75) is 35.9 Å². The molecule has 18 heavy (non-hydrogen) atoms. The molecule has 1 aliphatic rings. The van der Waals surface area contributed by atoms with Crippen LogP contribution in [0.4, 0.5) is 13.2 Å². The molecule has 100 valence electrons. The van der Waals surface area contributed by atoms with E-state index in [-0.39, 0.29) is 21.7 Å². The molecule has 2 heterocycles. The van der Waals surface area contributed by atoms with Gasteiger partial charge in [0.2, 0.25) is 5.28 Å². The summed E-state index contributed by atoms with van der Waals surface area (Å²) in [6, 6.07) is 0.918. The smallest absolute Gasteiger partial charge is 0.377 e. The van der Waals surface area contributed by atoms with Crippen molar-refractivity contribution in [1.82, 2.24) is 9.97 Å². The number of hydrogen-bond donors (Lipinski definition) is 0. The molecule has 3 nitrogen and oxygen atoms in total. The van der Waals surface area contributed by atoms with Crippen LogP contribution >= 0.6 is 23.4 Å². The fraction of sp³-hybridized carbons (Fsp3) is 0.600. The van der Waals surface area contributed by atoms with E-state index in [1.807, 2.05) is 6.92 Å². The maximum Gasteiger partial charge on any atom is 0.433 e. The van der Waals surface area contributed by atoms with Crippen molar-refractivity contribution in [3.8, 4) is 0 Å². The highest BCUT2D eigenvalue weighted by Crippen LogP contribution is 2.35. The van der Waals surface area contributed by atoms with Gasteiger partial charge in [0, 0.05) is 17.9 Å². The third-order valence-electron chi connectivity index (χ3n) is 2.54. The van der Waals surface area contributed by atoms with Gasteiger partial charge in [-0.3, -0.25) is 0 Å². The molecule has 8 heteroatoms. The normalized spacial score (nSPS) is 24.5. The van der Waals surface area contributed by atoms with Gasteiger partial charge in [0.1, 0.15) is 5.03 Å². The second-order valence-electron chi connectivity index (χ2n) is 3.88. The van der Waals surface area contributed by atoms with Crippen molar-refractivity contribution in [3.05, 3.63) is 17.0 Å². The van der Waals surface area contributed by atoms with E-state index < -0.39 is 11.9 Å². The van der Waals surface area contributed by atoms with Crippen molar-refractivity contribution in [2.24, 2.45) is 0 Å². The molecular formula is C10H10ClF3N2OS. The van der Waals surface area contributed by atoms with E-state index in [1.54, 1.807) is 0 Å². The Balaban J connectivity index is 2.20. The first kappa shape index (κ1) is 13.9. The zero-order valence-electron chi connectivity index (χ0n) is 9.37. The monoisotopic (exact) mass is 298 g/mol. The molecule has 0 bridgehead atoms. The number of rotatable bonds is 2. The molecular weight excluding hydrogens is 289 g/mol. The molecule has 0 spiro atoms. The lowest BCUT2D eigenvalue weighted by Crippen LogP contribution is -2.14. The summed E-state index contributed by atoms with van der Waals surface area (Å²) in [7, 11) is 0.